The van der Waals surface area contributed by atoms with E-state index >= 15 is 0 Å². The molecule has 0 radical (unpaired) electrons. The van der Waals surface area contributed by atoms with Gasteiger partial charge in [-0.25, -0.2) is 4.79 Å². The van der Waals surface area contributed by atoms with Gasteiger partial charge >= 0.3 is 5.97 Å². The Kier molecular flexibility index (Phi) is 2.11. The molecule has 88 valence electrons. The number of phenols is 1. The third-order valence-electron chi connectivity index (χ3n) is 3.45. The lowest BCUT2D eigenvalue weighted by molar-refractivity contribution is -0.141. The first kappa shape index (κ1) is 10.2. The molecule has 0 saturated heterocycles. The Morgan fingerprint density at radius 1 is 1.41 bits per heavy atom. The van der Waals surface area contributed by atoms with Crippen molar-refractivity contribution < 1.29 is 15.0 Å². The summed E-state index contributed by atoms with van der Waals surface area (Å²) in [4.78, 5) is 11.3. The molecule has 1 aliphatic rings. The van der Waals surface area contributed by atoms with Crippen LogP contribution in [0.15, 0.2) is 24.3 Å². The molecule has 0 fully saturated rings. The zero-order valence-corrected chi connectivity index (χ0v) is 9.26. The first-order valence-corrected chi connectivity index (χ1v) is 5.73. The lowest BCUT2D eigenvalue weighted by Gasteiger charge is -2.23. The second-order valence-electron chi connectivity index (χ2n) is 4.46. The standard InChI is InChI=1S/C13H13NO3/c15-12-6-2-4-10-9(12)7-8-3-1-5-11(13(16)17)14(8)10/h2,4,6-7,11,15H,1,3,5H2,(H,16,17). The van der Waals surface area contributed by atoms with Crippen LogP contribution in [-0.4, -0.2) is 20.7 Å². The molecular formula is C13H13NO3. The van der Waals surface area contributed by atoms with E-state index in [1.165, 1.54) is 0 Å². The van der Waals surface area contributed by atoms with E-state index in [1.54, 1.807) is 12.1 Å². The van der Waals surface area contributed by atoms with Gasteiger partial charge in [-0.3, -0.25) is 0 Å². The second-order valence-corrected chi connectivity index (χ2v) is 4.46. The van der Waals surface area contributed by atoms with Gasteiger partial charge in [0.1, 0.15) is 11.8 Å². The van der Waals surface area contributed by atoms with Crippen molar-refractivity contribution in [2.24, 2.45) is 0 Å². The number of hydrogen-bond donors (Lipinski definition) is 2. The van der Waals surface area contributed by atoms with E-state index in [0.717, 1.165) is 29.4 Å². The zero-order chi connectivity index (χ0) is 12.0. The maximum atomic E-state index is 11.3. The van der Waals surface area contributed by atoms with Crippen LogP contribution in [0.25, 0.3) is 10.9 Å². The number of hydrogen-bond acceptors (Lipinski definition) is 2. The average molecular weight is 231 g/mol. The number of phenolic OH excluding ortho intramolecular Hbond substituents is 1. The summed E-state index contributed by atoms with van der Waals surface area (Å²) in [6, 6.07) is 6.64. The van der Waals surface area contributed by atoms with E-state index in [2.05, 4.69) is 0 Å². The third kappa shape index (κ3) is 1.40. The summed E-state index contributed by atoms with van der Waals surface area (Å²) in [6.07, 6.45) is 2.41. The SMILES string of the molecule is O=C(O)C1CCCc2cc3c(O)cccc3n21. The molecule has 1 aromatic heterocycles. The van der Waals surface area contributed by atoms with Crippen molar-refractivity contribution in [3.05, 3.63) is 30.0 Å². The summed E-state index contributed by atoms with van der Waals surface area (Å²) in [6.45, 7) is 0. The molecule has 4 nitrogen and oxygen atoms in total. The number of fused-ring (bicyclic) bond motifs is 3. The van der Waals surface area contributed by atoms with E-state index in [-0.39, 0.29) is 5.75 Å². The molecule has 1 aromatic carbocycles. The Morgan fingerprint density at radius 3 is 3.00 bits per heavy atom. The largest absolute Gasteiger partial charge is 0.507 e. The summed E-state index contributed by atoms with van der Waals surface area (Å²) in [5, 5.41) is 19.8. The average Bonchev–Trinajstić information content (AvgIpc) is 2.69. The van der Waals surface area contributed by atoms with Gasteiger partial charge in [0.25, 0.3) is 0 Å². The number of aromatic hydroxyl groups is 1. The molecule has 0 bridgehead atoms. The predicted molar refractivity (Wildman–Crippen MR) is 63.2 cm³/mol. The predicted octanol–water partition coefficient (Wildman–Crippen LogP) is 2.31. The van der Waals surface area contributed by atoms with Gasteiger partial charge in [-0.1, -0.05) is 6.07 Å². The maximum absolute atomic E-state index is 11.3. The van der Waals surface area contributed by atoms with Crippen LogP contribution in [0.3, 0.4) is 0 Å². The van der Waals surface area contributed by atoms with Crippen LogP contribution in [0, 0.1) is 0 Å². The van der Waals surface area contributed by atoms with E-state index < -0.39 is 12.0 Å². The smallest absolute Gasteiger partial charge is 0.326 e. The van der Waals surface area contributed by atoms with Crippen LogP contribution in [0.2, 0.25) is 0 Å². The van der Waals surface area contributed by atoms with Crippen molar-refractivity contribution in [1.82, 2.24) is 4.57 Å². The zero-order valence-electron chi connectivity index (χ0n) is 9.26. The van der Waals surface area contributed by atoms with Crippen LogP contribution in [0.4, 0.5) is 0 Å². The number of rotatable bonds is 1. The van der Waals surface area contributed by atoms with E-state index in [9.17, 15) is 15.0 Å². The van der Waals surface area contributed by atoms with Gasteiger partial charge in [0.05, 0.1) is 5.52 Å². The Bertz CT molecular complexity index is 600. The van der Waals surface area contributed by atoms with Crippen molar-refractivity contribution in [3.8, 4) is 5.75 Å². The molecule has 0 amide bonds. The van der Waals surface area contributed by atoms with Gasteiger partial charge in [0.2, 0.25) is 0 Å². The van der Waals surface area contributed by atoms with Crippen molar-refractivity contribution in [2.45, 2.75) is 25.3 Å². The number of aryl methyl sites for hydroxylation is 1. The monoisotopic (exact) mass is 231 g/mol. The number of nitrogens with zero attached hydrogens (tertiary/aromatic N) is 1. The highest BCUT2D eigenvalue weighted by molar-refractivity contribution is 5.89. The normalized spacial score (nSPS) is 19.2. The minimum atomic E-state index is -0.799. The summed E-state index contributed by atoms with van der Waals surface area (Å²) in [5.74, 6) is -0.583. The minimum Gasteiger partial charge on any atom is -0.507 e. The van der Waals surface area contributed by atoms with E-state index in [1.807, 2.05) is 16.7 Å². The van der Waals surface area contributed by atoms with Crippen LogP contribution in [-0.2, 0) is 11.2 Å². The van der Waals surface area contributed by atoms with Crippen molar-refractivity contribution in [1.29, 1.82) is 0 Å². The lowest BCUT2D eigenvalue weighted by Crippen LogP contribution is -2.24. The van der Waals surface area contributed by atoms with Crippen LogP contribution >= 0.6 is 0 Å². The van der Waals surface area contributed by atoms with Gasteiger partial charge < -0.3 is 14.8 Å². The fourth-order valence-corrected chi connectivity index (χ4v) is 2.69. The fourth-order valence-electron chi connectivity index (χ4n) is 2.69. The summed E-state index contributed by atoms with van der Waals surface area (Å²) in [7, 11) is 0. The van der Waals surface area contributed by atoms with Gasteiger partial charge in [0, 0.05) is 11.1 Å². The number of carbonyl (C=O) groups is 1. The van der Waals surface area contributed by atoms with Gasteiger partial charge in [-0.05, 0) is 37.5 Å². The molecule has 2 aromatic rings. The molecule has 1 unspecified atom stereocenters. The van der Waals surface area contributed by atoms with Crippen molar-refractivity contribution >= 4 is 16.9 Å². The molecule has 0 saturated carbocycles. The topological polar surface area (TPSA) is 62.5 Å². The number of aliphatic carboxylic acids is 1. The van der Waals surface area contributed by atoms with Crippen LogP contribution in [0.5, 0.6) is 5.75 Å². The van der Waals surface area contributed by atoms with Gasteiger partial charge in [0.15, 0.2) is 0 Å². The maximum Gasteiger partial charge on any atom is 0.326 e. The summed E-state index contributed by atoms with van der Waals surface area (Å²) >= 11 is 0. The third-order valence-corrected chi connectivity index (χ3v) is 3.45. The number of carboxylic acid groups (broad SMARTS) is 1. The fraction of sp³-hybridized carbons (Fsp3) is 0.308. The van der Waals surface area contributed by atoms with Gasteiger partial charge in [-0.2, -0.15) is 0 Å². The number of benzene rings is 1. The Hall–Kier alpha value is -1.97. The number of carboxylic acids is 1. The van der Waals surface area contributed by atoms with Crippen molar-refractivity contribution in [2.75, 3.05) is 0 Å². The highest BCUT2D eigenvalue weighted by atomic mass is 16.4. The van der Waals surface area contributed by atoms with Gasteiger partial charge in [-0.15, -0.1) is 0 Å². The number of aromatic nitrogens is 1. The molecule has 0 aliphatic carbocycles. The molecular weight excluding hydrogens is 218 g/mol. The van der Waals surface area contributed by atoms with E-state index in [0.29, 0.717) is 6.42 Å². The molecule has 2 N–H and O–H groups in total. The Morgan fingerprint density at radius 2 is 2.24 bits per heavy atom. The summed E-state index contributed by atoms with van der Waals surface area (Å²) in [5.41, 5.74) is 1.81. The second kappa shape index (κ2) is 3.52. The first-order chi connectivity index (χ1) is 8.18. The van der Waals surface area contributed by atoms with Crippen LogP contribution < -0.4 is 0 Å². The molecule has 3 rings (SSSR count). The van der Waals surface area contributed by atoms with Crippen LogP contribution in [0.1, 0.15) is 24.6 Å². The highest BCUT2D eigenvalue weighted by Gasteiger charge is 2.27. The Labute approximate surface area is 98.1 Å². The van der Waals surface area contributed by atoms with E-state index in [4.69, 9.17) is 0 Å². The molecule has 4 heteroatoms. The molecule has 1 atom stereocenters. The Balaban J connectivity index is 2.31. The molecule has 1 aliphatic heterocycles. The van der Waals surface area contributed by atoms with Crippen molar-refractivity contribution in [3.63, 3.8) is 0 Å². The quantitative estimate of drug-likeness (QED) is 0.791. The highest BCUT2D eigenvalue weighted by Crippen LogP contribution is 2.35. The lowest BCUT2D eigenvalue weighted by atomic mass is 10.0. The molecule has 2 heterocycles. The first-order valence-electron chi connectivity index (χ1n) is 5.73. The molecule has 0 spiro atoms. The molecule has 17 heavy (non-hydrogen) atoms. The summed E-state index contributed by atoms with van der Waals surface area (Å²) < 4.78 is 1.85. The minimum absolute atomic E-state index is 0.216.